The van der Waals surface area contributed by atoms with Gasteiger partial charge >= 0.3 is 0 Å². The normalized spacial score (nSPS) is 11.0. The second kappa shape index (κ2) is 11.7. The molecule has 0 bridgehead atoms. The van der Waals surface area contributed by atoms with Crippen molar-refractivity contribution >= 4 is 22.9 Å². The van der Waals surface area contributed by atoms with Crippen LogP contribution in [0.1, 0.15) is 43.0 Å². The van der Waals surface area contributed by atoms with Crippen molar-refractivity contribution in [2.24, 2.45) is 0 Å². The van der Waals surface area contributed by atoms with Crippen molar-refractivity contribution in [3.05, 3.63) is 46.2 Å². The molecule has 0 aliphatic carbocycles. The summed E-state index contributed by atoms with van der Waals surface area (Å²) in [4.78, 5) is 3.17. The van der Waals surface area contributed by atoms with Gasteiger partial charge in [-0.05, 0) is 42.6 Å². The van der Waals surface area contributed by atoms with Crippen LogP contribution in [0, 0.1) is 5.41 Å². The molecule has 2 rings (SSSR count). The summed E-state index contributed by atoms with van der Waals surface area (Å²) in [6.45, 7) is 4.70. The zero-order valence-electron chi connectivity index (χ0n) is 16.3. The van der Waals surface area contributed by atoms with Crippen molar-refractivity contribution < 1.29 is 9.84 Å². The van der Waals surface area contributed by atoms with E-state index in [1.807, 2.05) is 35.7 Å². The number of anilines is 1. The van der Waals surface area contributed by atoms with E-state index in [1.165, 1.54) is 19.3 Å². The second-order valence-corrected chi connectivity index (χ2v) is 7.51. The van der Waals surface area contributed by atoms with Gasteiger partial charge in [0, 0.05) is 24.3 Å². The predicted octanol–water partition coefficient (Wildman–Crippen LogP) is 4.57. The van der Waals surface area contributed by atoms with E-state index in [2.05, 4.69) is 17.1 Å². The number of methoxy groups -OCH3 is 1. The first-order chi connectivity index (χ1) is 13.2. The maximum Gasteiger partial charge on any atom is 0.140 e. The standard InChI is InChI=1S/C21H31N3O2S/c1-3-4-5-6-11-24(12-13-25)16-17-15-18(9-10-19(17)26-2)23-21(22)20-8-7-14-27-20/h7-10,14-15,25H,3-6,11-13,16H2,1-2H3,(H2,22,23). The van der Waals surface area contributed by atoms with Crippen LogP contribution in [0.4, 0.5) is 5.69 Å². The zero-order valence-corrected chi connectivity index (χ0v) is 17.1. The molecular formula is C21H31N3O2S. The Morgan fingerprint density at radius 3 is 2.74 bits per heavy atom. The van der Waals surface area contributed by atoms with Crippen LogP contribution in [0.15, 0.2) is 35.7 Å². The predicted molar refractivity (Wildman–Crippen MR) is 114 cm³/mol. The minimum absolute atomic E-state index is 0.150. The van der Waals surface area contributed by atoms with Crippen LogP contribution in [-0.4, -0.2) is 42.6 Å². The van der Waals surface area contributed by atoms with E-state index < -0.39 is 0 Å². The molecule has 0 saturated carbocycles. The first kappa shape index (κ1) is 21.4. The van der Waals surface area contributed by atoms with Gasteiger partial charge in [-0.1, -0.05) is 32.3 Å². The number of hydrogen-bond acceptors (Lipinski definition) is 5. The van der Waals surface area contributed by atoms with E-state index in [0.29, 0.717) is 12.4 Å². The van der Waals surface area contributed by atoms with Gasteiger partial charge in [-0.3, -0.25) is 10.3 Å². The number of rotatable bonds is 12. The van der Waals surface area contributed by atoms with Gasteiger partial charge in [0.1, 0.15) is 11.6 Å². The fourth-order valence-corrected chi connectivity index (χ4v) is 3.65. The van der Waals surface area contributed by atoms with Gasteiger partial charge < -0.3 is 15.2 Å². The monoisotopic (exact) mass is 389 g/mol. The highest BCUT2D eigenvalue weighted by atomic mass is 32.1. The Hall–Kier alpha value is -1.89. The molecule has 1 aromatic heterocycles. The quantitative estimate of drug-likeness (QED) is 0.283. The fourth-order valence-electron chi connectivity index (χ4n) is 3.02. The van der Waals surface area contributed by atoms with Crippen LogP contribution in [0.3, 0.4) is 0 Å². The van der Waals surface area contributed by atoms with E-state index in [1.54, 1.807) is 18.4 Å². The highest BCUT2D eigenvalue weighted by molar-refractivity contribution is 7.12. The summed E-state index contributed by atoms with van der Waals surface area (Å²) in [5, 5.41) is 22.8. The first-order valence-electron chi connectivity index (χ1n) is 9.57. The lowest BCUT2D eigenvalue weighted by atomic mass is 10.1. The van der Waals surface area contributed by atoms with E-state index in [0.717, 1.165) is 41.4 Å². The topological polar surface area (TPSA) is 68.6 Å². The van der Waals surface area contributed by atoms with E-state index in [-0.39, 0.29) is 6.61 Å². The van der Waals surface area contributed by atoms with Crippen LogP contribution in [0.5, 0.6) is 5.75 Å². The van der Waals surface area contributed by atoms with Gasteiger partial charge in [0.05, 0.1) is 18.6 Å². The van der Waals surface area contributed by atoms with E-state index in [9.17, 15) is 5.11 Å². The maximum atomic E-state index is 9.41. The number of ether oxygens (including phenoxy) is 1. The third kappa shape index (κ3) is 6.97. The molecule has 0 fully saturated rings. The molecule has 0 unspecified atom stereocenters. The zero-order chi connectivity index (χ0) is 19.5. The number of hydrogen-bond donors (Lipinski definition) is 3. The summed E-state index contributed by atoms with van der Waals surface area (Å²) in [5.41, 5.74) is 1.93. The molecule has 1 heterocycles. The smallest absolute Gasteiger partial charge is 0.140 e. The second-order valence-electron chi connectivity index (χ2n) is 6.56. The minimum atomic E-state index is 0.150. The summed E-state index contributed by atoms with van der Waals surface area (Å²) < 4.78 is 5.53. The molecule has 6 heteroatoms. The van der Waals surface area contributed by atoms with Crippen LogP contribution in [0.2, 0.25) is 0 Å². The van der Waals surface area contributed by atoms with Crippen molar-refractivity contribution in [1.82, 2.24) is 4.90 Å². The SMILES string of the molecule is CCCCCCN(CCO)Cc1cc(NC(=N)c2cccs2)ccc1OC. The van der Waals surface area contributed by atoms with Crippen LogP contribution in [-0.2, 0) is 6.54 Å². The summed E-state index contributed by atoms with van der Waals surface area (Å²) in [6, 6.07) is 9.79. The molecule has 0 spiro atoms. The third-order valence-electron chi connectivity index (χ3n) is 4.46. The van der Waals surface area contributed by atoms with E-state index in [4.69, 9.17) is 10.1 Å². The maximum absolute atomic E-state index is 9.41. The number of nitrogens with one attached hydrogen (secondary N) is 2. The number of aliphatic hydroxyl groups is 1. The van der Waals surface area contributed by atoms with Gasteiger partial charge in [-0.15, -0.1) is 11.3 Å². The molecule has 2 aromatic rings. The summed E-state index contributed by atoms with van der Waals surface area (Å²) in [5.74, 6) is 1.23. The molecule has 148 valence electrons. The Kier molecular flexibility index (Phi) is 9.31. The van der Waals surface area contributed by atoms with Crippen molar-refractivity contribution in [3.8, 4) is 5.75 Å². The number of nitrogens with zero attached hydrogens (tertiary/aromatic N) is 1. The molecule has 0 saturated heterocycles. The van der Waals surface area contributed by atoms with Gasteiger partial charge in [0.15, 0.2) is 0 Å². The number of unbranched alkanes of at least 4 members (excludes halogenated alkanes) is 3. The average molecular weight is 390 g/mol. The van der Waals surface area contributed by atoms with Gasteiger partial charge in [0.2, 0.25) is 0 Å². The Morgan fingerprint density at radius 1 is 1.22 bits per heavy atom. The van der Waals surface area contributed by atoms with Crippen LogP contribution < -0.4 is 10.1 Å². The highest BCUT2D eigenvalue weighted by Crippen LogP contribution is 2.25. The van der Waals surface area contributed by atoms with Gasteiger partial charge in [-0.25, -0.2) is 0 Å². The van der Waals surface area contributed by atoms with Gasteiger partial charge in [0.25, 0.3) is 0 Å². The minimum Gasteiger partial charge on any atom is -0.496 e. The molecule has 0 radical (unpaired) electrons. The first-order valence-corrected chi connectivity index (χ1v) is 10.5. The van der Waals surface area contributed by atoms with Crippen molar-refractivity contribution in [3.63, 3.8) is 0 Å². The molecule has 0 atom stereocenters. The molecule has 0 amide bonds. The lowest BCUT2D eigenvalue weighted by Crippen LogP contribution is -2.28. The number of thiophene rings is 1. The Morgan fingerprint density at radius 2 is 2.07 bits per heavy atom. The van der Waals surface area contributed by atoms with Crippen molar-refractivity contribution in [2.45, 2.75) is 39.2 Å². The molecular weight excluding hydrogens is 358 g/mol. The average Bonchev–Trinajstić information content (AvgIpc) is 3.20. The number of benzene rings is 1. The van der Waals surface area contributed by atoms with Crippen LogP contribution >= 0.6 is 11.3 Å². The third-order valence-corrected chi connectivity index (χ3v) is 5.34. The molecule has 0 aliphatic rings. The summed E-state index contributed by atoms with van der Waals surface area (Å²) >= 11 is 1.54. The molecule has 1 aromatic carbocycles. The van der Waals surface area contributed by atoms with Crippen LogP contribution in [0.25, 0.3) is 0 Å². The Balaban J connectivity index is 2.06. The highest BCUT2D eigenvalue weighted by Gasteiger charge is 2.12. The van der Waals surface area contributed by atoms with E-state index >= 15 is 0 Å². The summed E-state index contributed by atoms with van der Waals surface area (Å²) in [7, 11) is 1.68. The summed E-state index contributed by atoms with van der Waals surface area (Å²) in [6.07, 6.45) is 4.82. The lowest BCUT2D eigenvalue weighted by molar-refractivity contribution is 0.186. The molecule has 0 aliphatic heterocycles. The van der Waals surface area contributed by atoms with Gasteiger partial charge in [-0.2, -0.15) is 0 Å². The Labute approximate surface area is 166 Å². The lowest BCUT2D eigenvalue weighted by Gasteiger charge is -2.23. The van der Waals surface area contributed by atoms with Crippen molar-refractivity contribution in [1.29, 1.82) is 5.41 Å². The molecule has 3 N–H and O–H groups in total. The number of amidine groups is 1. The Bertz CT molecular complexity index is 689. The molecule has 5 nitrogen and oxygen atoms in total. The fraction of sp³-hybridized carbons (Fsp3) is 0.476. The molecule has 27 heavy (non-hydrogen) atoms. The largest absolute Gasteiger partial charge is 0.496 e. The number of aliphatic hydroxyl groups excluding tert-OH is 1. The van der Waals surface area contributed by atoms with Crippen molar-refractivity contribution in [2.75, 3.05) is 32.1 Å².